The Labute approximate surface area is 92.1 Å². The van der Waals surface area contributed by atoms with Crippen LogP contribution < -0.4 is 11.4 Å². The molecular weight excluding hydrogens is 233 g/mol. The van der Waals surface area contributed by atoms with Crippen molar-refractivity contribution in [1.82, 2.24) is 14.8 Å². The van der Waals surface area contributed by atoms with Gasteiger partial charge in [0, 0.05) is 0 Å². The number of carboxylic acid groups (broad SMARTS) is 1. The summed E-state index contributed by atoms with van der Waals surface area (Å²) in [6, 6.07) is 2.71. The number of aromatic carboxylic acids is 1. The highest BCUT2D eigenvalue weighted by molar-refractivity contribution is 5.91. The molecule has 1 aromatic carbocycles. The Morgan fingerprint density at radius 1 is 1.24 bits per heavy atom. The Balaban J connectivity index is 2.83. The molecular formula is C9H6FN3O4. The number of nitrogens with one attached hydrogen (secondary N) is 2. The van der Waals surface area contributed by atoms with Gasteiger partial charge >= 0.3 is 17.3 Å². The number of halogens is 1. The van der Waals surface area contributed by atoms with E-state index in [1.54, 1.807) is 0 Å². The van der Waals surface area contributed by atoms with Crippen LogP contribution >= 0.6 is 0 Å². The first-order valence-electron chi connectivity index (χ1n) is 4.43. The van der Waals surface area contributed by atoms with Gasteiger partial charge in [-0.1, -0.05) is 0 Å². The number of carbonyl (C=O) groups is 1. The van der Waals surface area contributed by atoms with E-state index in [0.29, 0.717) is 4.57 Å². The molecule has 0 fully saturated rings. The SMILES string of the molecule is O=C(O)c1ccc(F)cc1-n1c(=O)[nH][nH]c1=O. The van der Waals surface area contributed by atoms with Crippen molar-refractivity contribution in [3.8, 4) is 5.69 Å². The molecule has 17 heavy (non-hydrogen) atoms. The molecule has 2 rings (SSSR count). The molecule has 0 saturated carbocycles. The van der Waals surface area contributed by atoms with Crippen molar-refractivity contribution >= 4 is 5.97 Å². The molecule has 0 aliphatic heterocycles. The van der Waals surface area contributed by atoms with Gasteiger partial charge in [-0.25, -0.2) is 33.5 Å². The molecule has 1 aromatic heterocycles. The van der Waals surface area contributed by atoms with Gasteiger partial charge in [0.2, 0.25) is 0 Å². The zero-order valence-corrected chi connectivity index (χ0v) is 8.23. The second-order valence-electron chi connectivity index (χ2n) is 3.16. The number of aromatic amines is 2. The van der Waals surface area contributed by atoms with Crippen molar-refractivity contribution in [2.24, 2.45) is 0 Å². The molecule has 0 aliphatic carbocycles. The Morgan fingerprint density at radius 3 is 2.35 bits per heavy atom. The van der Waals surface area contributed by atoms with Crippen LogP contribution in [-0.2, 0) is 0 Å². The van der Waals surface area contributed by atoms with Gasteiger partial charge in [0.15, 0.2) is 0 Å². The number of carboxylic acids is 1. The summed E-state index contributed by atoms with van der Waals surface area (Å²) in [5, 5.41) is 12.8. The normalized spacial score (nSPS) is 10.4. The maximum Gasteiger partial charge on any atom is 0.349 e. The van der Waals surface area contributed by atoms with Crippen LogP contribution in [0.25, 0.3) is 5.69 Å². The van der Waals surface area contributed by atoms with Crippen molar-refractivity contribution in [2.75, 3.05) is 0 Å². The van der Waals surface area contributed by atoms with Crippen LogP contribution in [0.2, 0.25) is 0 Å². The smallest absolute Gasteiger partial charge is 0.349 e. The standard InChI is InChI=1S/C9H6FN3O4/c10-4-1-2-5(7(14)15)6(3-4)13-8(16)11-12-9(13)17/h1-3H,(H,11,16)(H,12,17)(H,14,15). The predicted octanol–water partition coefficient (Wildman–Crippen LogP) is -0.309. The molecule has 0 saturated heterocycles. The largest absolute Gasteiger partial charge is 0.478 e. The van der Waals surface area contributed by atoms with Crippen molar-refractivity contribution in [3.63, 3.8) is 0 Å². The molecule has 0 spiro atoms. The molecule has 88 valence electrons. The third-order valence-electron chi connectivity index (χ3n) is 2.11. The number of aromatic nitrogens is 3. The Bertz CT molecular complexity index is 669. The Kier molecular flexibility index (Phi) is 2.39. The molecule has 0 unspecified atom stereocenters. The van der Waals surface area contributed by atoms with Crippen LogP contribution in [0.15, 0.2) is 27.8 Å². The third kappa shape index (κ3) is 1.75. The van der Waals surface area contributed by atoms with Gasteiger partial charge in [-0.3, -0.25) is 0 Å². The summed E-state index contributed by atoms with van der Waals surface area (Å²) in [6.45, 7) is 0. The van der Waals surface area contributed by atoms with E-state index in [9.17, 15) is 18.8 Å². The average Bonchev–Trinajstić information content (AvgIpc) is 2.58. The summed E-state index contributed by atoms with van der Waals surface area (Å²) in [5.74, 6) is -2.12. The Hall–Kier alpha value is -2.64. The van der Waals surface area contributed by atoms with E-state index < -0.39 is 23.2 Å². The highest BCUT2D eigenvalue weighted by atomic mass is 19.1. The van der Waals surface area contributed by atoms with Gasteiger partial charge in [0.1, 0.15) is 5.82 Å². The lowest BCUT2D eigenvalue weighted by atomic mass is 10.1. The predicted molar refractivity (Wildman–Crippen MR) is 53.9 cm³/mol. The van der Waals surface area contributed by atoms with Crippen molar-refractivity contribution in [1.29, 1.82) is 0 Å². The lowest BCUT2D eigenvalue weighted by Crippen LogP contribution is -2.26. The molecule has 0 aliphatic rings. The van der Waals surface area contributed by atoms with Gasteiger partial charge in [0.25, 0.3) is 0 Å². The zero-order valence-electron chi connectivity index (χ0n) is 8.23. The van der Waals surface area contributed by atoms with Crippen LogP contribution in [0.4, 0.5) is 4.39 Å². The fourth-order valence-electron chi connectivity index (χ4n) is 1.40. The summed E-state index contributed by atoms with van der Waals surface area (Å²) < 4.78 is 13.5. The van der Waals surface area contributed by atoms with Gasteiger partial charge in [-0.2, -0.15) is 0 Å². The van der Waals surface area contributed by atoms with Gasteiger partial charge < -0.3 is 5.11 Å². The van der Waals surface area contributed by atoms with E-state index in [0.717, 1.165) is 18.2 Å². The first kappa shape index (κ1) is 10.9. The maximum atomic E-state index is 13.0. The Morgan fingerprint density at radius 2 is 1.82 bits per heavy atom. The minimum absolute atomic E-state index is 0.329. The molecule has 7 nitrogen and oxygen atoms in total. The molecule has 0 atom stereocenters. The number of hydrogen-bond donors (Lipinski definition) is 3. The minimum atomic E-state index is -1.37. The van der Waals surface area contributed by atoms with E-state index >= 15 is 0 Å². The minimum Gasteiger partial charge on any atom is -0.478 e. The third-order valence-corrected chi connectivity index (χ3v) is 2.11. The highest BCUT2D eigenvalue weighted by Crippen LogP contribution is 2.13. The fraction of sp³-hybridized carbons (Fsp3) is 0. The van der Waals surface area contributed by atoms with Crippen molar-refractivity contribution < 1.29 is 14.3 Å². The lowest BCUT2D eigenvalue weighted by Gasteiger charge is -2.04. The topological polar surface area (TPSA) is 108 Å². The van der Waals surface area contributed by atoms with E-state index in [2.05, 4.69) is 0 Å². The molecule has 0 bridgehead atoms. The lowest BCUT2D eigenvalue weighted by molar-refractivity contribution is 0.0697. The zero-order chi connectivity index (χ0) is 12.6. The first-order valence-corrected chi connectivity index (χ1v) is 4.43. The summed E-state index contributed by atoms with van der Waals surface area (Å²) >= 11 is 0. The molecule has 8 heteroatoms. The second kappa shape index (κ2) is 3.74. The number of hydrogen-bond acceptors (Lipinski definition) is 3. The van der Waals surface area contributed by atoms with E-state index in [4.69, 9.17) is 5.11 Å². The van der Waals surface area contributed by atoms with Crippen LogP contribution in [0, 0.1) is 5.82 Å². The first-order chi connectivity index (χ1) is 8.00. The summed E-state index contributed by atoms with van der Waals surface area (Å²) in [4.78, 5) is 33.5. The van der Waals surface area contributed by atoms with Crippen LogP contribution in [0.5, 0.6) is 0 Å². The van der Waals surface area contributed by atoms with Crippen LogP contribution in [0.3, 0.4) is 0 Å². The molecule has 3 N–H and O–H groups in total. The molecule has 0 amide bonds. The number of nitrogens with zero attached hydrogens (tertiary/aromatic N) is 1. The van der Waals surface area contributed by atoms with E-state index in [1.165, 1.54) is 0 Å². The summed E-state index contributed by atoms with van der Waals surface area (Å²) in [7, 11) is 0. The summed E-state index contributed by atoms with van der Waals surface area (Å²) in [6.07, 6.45) is 0. The monoisotopic (exact) mass is 239 g/mol. The van der Waals surface area contributed by atoms with Crippen molar-refractivity contribution in [2.45, 2.75) is 0 Å². The summed E-state index contributed by atoms with van der Waals surface area (Å²) in [5.41, 5.74) is -2.42. The fourth-order valence-corrected chi connectivity index (χ4v) is 1.40. The van der Waals surface area contributed by atoms with Crippen molar-refractivity contribution in [3.05, 3.63) is 50.5 Å². The maximum absolute atomic E-state index is 13.0. The van der Waals surface area contributed by atoms with Gasteiger partial charge in [-0.15, -0.1) is 0 Å². The van der Waals surface area contributed by atoms with Gasteiger partial charge in [0.05, 0.1) is 11.3 Å². The molecule has 0 radical (unpaired) electrons. The van der Waals surface area contributed by atoms with Crippen LogP contribution in [-0.4, -0.2) is 25.8 Å². The number of benzene rings is 1. The highest BCUT2D eigenvalue weighted by Gasteiger charge is 2.16. The van der Waals surface area contributed by atoms with E-state index in [-0.39, 0.29) is 11.3 Å². The second-order valence-corrected chi connectivity index (χ2v) is 3.16. The quantitative estimate of drug-likeness (QED) is 0.668. The molecule has 1 heterocycles. The average molecular weight is 239 g/mol. The van der Waals surface area contributed by atoms with Crippen LogP contribution in [0.1, 0.15) is 10.4 Å². The van der Waals surface area contributed by atoms with E-state index in [1.807, 2.05) is 10.2 Å². The number of H-pyrrole nitrogens is 2. The van der Waals surface area contributed by atoms with Gasteiger partial charge in [-0.05, 0) is 18.2 Å². The number of rotatable bonds is 2. The molecule has 2 aromatic rings.